The van der Waals surface area contributed by atoms with Crippen LogP contribution in [-0.4, -0.2) is 37.1 Å². The van der Waals surface area contributed by atoms with Crippen molar-refractivity contribution in [3.05, 3.63) is 21.3 Å². The summed E-state index contributed by atoms with van der Waals surface area (Å²) >= 11 is 9.35. The van der Waals surface area contributed by atoms with Crippen molar-refractivity contribution in [2.24, 2.45) is 0 Å². The summed E-state index contributed by atoms with van der Waals surface area (Å²) in [4.78, 5) is 13.8. The lowest BCUT2D eigenvalue weighted by Crippen LogP contribution is -2.50. The van der Waals surface area contributed by atoms with Crippen LogP contribution in [0.4, 0.5) is 4.79 Å². The molecule has 17 heavy (non-hydrogen) atoms. The Hall–Kier alpha value is -0.520. The first kappa shape index (κ1) is 12.9. The SMILES string of the molecule is O=C(NC1=C(Br)C=C(Cl)CC1)N1CCNCC1. The highest BCUT2D eigenvalue weighted by Crippen LogP contribution is 2.28. The Kier molecular flexibility index (Phi) is 4.48. The molecule has 2 rings (SSSR count). The van der Waals surface area contributed by atoms with E-state index in [0.717, 1.165) is 54.2 Å². The number of carbonyl (C=O) groups excluding carboxylic acids is 1. The summed E-state index contributed by atoms with van der Waals surface area (Å²) in [5.41, 5.74) is 0.915. The van der Waals surface area contributed by atoms with Crippen molar-refractivity contribution in [3.8, 4) is 0 Å². The molecular formula is C11H15BrClN3O. The predicted molar refractivity (Wildman–Crippen MR) is 72.1 cm³/mol. The summed E-state index contributed by atoms with van der Waals surface area (Å²) in [6.07, 6.45) is 3.40. The summed E-state index contributed by atoms with van der Waals surface area (Å²) < 4.78 is 0.872. The van der Waals surface area contributed by atoms with Gasteiger partial charge in [0.1, 0.15) is 0 Å². The lowest BCUT2D eigenvalue weighted by atomic mass is 10.1. The van der Waals surface area contributed by atoms with E-state index in [-0.39, 0.29) is 6.03 Å². The van der Waals surface area contributed by atoms with Gasteiger partial charge in [-0.25, -0.2) is 4.79 Å². The van der Waals surface area contributed by atoms with E-state index >= 15 is 0 Å². The Balaban J connectivity index is 1.96. The van der Waals surface area contributed by atoms with Gasteiger partial charge in [0.05, 0.1) is 0 Å². The number of amides is 2. The van der Waals surface area contributed by atoms with Gasteiger partial charge in [0, 0.05) is 41.4 Å². The second-order valence-electron chi connectivity index (χ2n) is 4.08. The molecule has 0 radical (unpaired) electrons. The number of hydrogen-bond acceptors (Lipinski definition) is 2. The lowest BCUT2D eigenvalue weighted by Gasteiger charge is -2.28. The van der Waals surface area contributed by atoms with Gasteiger partial charge in [0.25, 0.3) is 0 Å². The molecule has 1 heterocycles. The number of urea groups is 1. The third-order valence-corrected chi connectivity index (χ3v) is 3.85. The van der Waals surface area contributed by atoms with E-state index < -0.39 is 0 Å². The van der Waals surface area contributed by atoms with Crippen LogP contribution in [0, 0.1) is 0 Å². The molecule has 0 aromatic carbocycles. The van der Waals surface area contributed by atoms with Crippen molar-refractivity contribution in [2.75, 3.05) is 26.2 Å². The second-order valence-corrected chi connectivity index (χ2v) is 5.42. The fraction of sp³-hybridized carbons (Fsp3) is 0.545. The van der Waals surface area contributed by atoms with Crippen LogP contribution in [0.1, 0.15) is 12.8 Å². The molecule has 0 unspecified atom stereocenters. The third kappa shape index (κ3) is 3.47. The Labute approximate surface area is 114 Å². The summed E-state index contributed by atoms with van der Waals surface area (Å²) in [5, 5.41) is 6.98. The number of carbonyl (C=O) groups is 1. The van der Waals surface area contributed by atoms with Gasteiger partial charge in [0.2, 0.25) is 0 Å². The predicted octanol–water partition coefficient (Wildman–Crippen LogP) is 2.12. The zero-order valence-electron chi connectivity index (χ0n) is 9.43. The van der Waals surface area contributed by atoms with Crippen molar-refractivity contribution in [2.45, 2.75) is 12.8 Å². The van der Waals surface area contributed by atoms with E-state index in [2.05, 4.69) is 26.6 Å². The van der Waals surface area contributed by atoms with Gasteiger partial charge in [0.15, 0.2) is 0 Å². The highest BCUT2D eigenvalue weighted by molar-refractivity contribution is 9.11. The smallest absolute Gasteiger partial charge is 0.321 e. The average Bonchev–Trinajstić information content (AvgIpc) is 2.34. The molecule has 1 aliphatic carbocycles. The molecule has 2 aliphatic rings. The van der Waals surface area contributed by atoms with Crippen LogP contribution < -0.4 is 10.6 Å². The number of piperazine rings is 1. The lowest BCUT2D eigenvalue weighted by molar-refractivity contribution is 0.192. The molecule has 1 saturated heterocycles. The largest absolute Gasteiger partial charge is 0.322 e. The maximum Gasteiger partial charge on any atom is 0.321 e. The van der Waals surface area contributed by atoms with Gasteiger partial charge < -0.3 is 15.5 Å². The minimum atomic E-state index is -0.0233. The van der Waals surface area contributed by atoms with E-state index in [1.54, 1.807) is 0 Å². The fourth-order valence-electron chi connectivity index (χ4n) is 1.86. The number of nitrogens with one attached hydrogen (secondary N) is 2. The molecule has 0 spiro atoms. The summed E-state index contributed by atoms with van der Waals surface area (Å²) in [6.45, 7) is 3.24. The Morgan fingerprint density at radius 2 is 2.12 bits per heavy atom. The molecule has 1 aliphatic heterocycles. The van der Waals surface area contributed by atoms with Crippen LogP contribution in [-0.2, 0) is 0 Å². The van der Waals surface area contributed by atoms with Crippen LogP contribution in [0.2, 0.25) is 0 Å². The first-order chi connectivity index (χ1) is 8.16. The Bertz CT molecular complexity index is 375. The van der Waals surface area contributed by atoms with Gasteiger partial charge >= 0.3 is 6.03 Å². The molecule has 0 bridgehead atoms. The number of nitrogens with zero attached hydrogens (tertiary/aromatic N) is 1. The summed E-state index contributed by atoms with van der Waals surface area (Å²) in [6, 6.07) is -0.0233. The van der Waals surface area contributed by atoms with Gasteiger partial charge in [-0.1, -0.05) is 11.6 Å². The highest BCUT2D eigenvalue weighted by Gasteiger charge is 2.19. The van der Waals surface area contributed by atoms with Crippen molar-refractivity contribution in [1.29, 1.82) is 0 Å². The molecular weight excluding hydrogens is 305 g/mol. The van der Waals surface area contributed by atoms with E-state index in [1.165, 1.54) is 0 Å². The maximum atomic E-state index is 12.0. The van der Waals surface area contributed by atoms with E-state index in [9.17, 15) is 4.79 Å². The summed E-state index contributed by atoms with van der Waals surface area (Å²) in [7, 11) is 0. The van der Waals surface area contributed by atoms with E-state index in [1.807, 2.05) is 11.0 Å². The normalized spacial score (nSPS) is 21.3. The van der Waals surface area contributed by atoms with Gasteiger partial charge in [-0.05, 0) is 34.8 Å². The molecule has 0 atom stereocenters. The zero-order valence-corrected chi connectivity index (χ0v) is 11.8. The van der Waals surface area contributed by atoms with Crippen molar-refractivity contribution < 1.29 is 4.79 Å². The van der Waals surface area contributed by atoms with Crippen molar-refractivity contribution >= 4 is 33.6 Å². The first-order valence-corrected chi connectivity index (χ1v) is 6.85. The van der Waals surface area contributed by atoms with Crippen LogP contribution in [0.3, 0.4) is 0 Å². The third-order valence-electron chi connectivity index (χ3n) is 2.85. The molecule has 4 nitrogen and oxygen atoms in total. The standard InChI is InChI=1S/C11H15BrClN3O/c12-9-7-8(13)1-2-10(9)15-11(17)16-5-3-14-4-6-16/h7,14H,1-6H2,(H,15,17). The van der Waals surface area contributed by atoms with Gasteiger partial charge in [-0.3, -0.25) is 0 Å². The van der Waals surface area contributed by atoms with Crippen LogP contribution in [0.25, 0.3) is 0 Å². The molecule has 2 N–H and O–H groups in total. The Morgan fingerprint density at radius 1 is 1.41 bits per heavy atom. The molecule has 94 valence electrons. The quantitative estimate of drug-likeness (QED) is 0.777. The average molecular weight is 321 g/mol. The minimum Gasteiger partial charge on any atom is -0.322 e. The molecule has 6 heteroatoms. The first-order valence-electron chi connectivity index (χ1n) is 5.68. The summed E-state index contributed by atoms with van der Waals surface area (Å²) in [5.74, 6) is 0. The fourth-order valence-corrected chi connectivity index (χ4v) is 2.77. The second kappa shape index (κ2) is 5.89. The topological polar surface area (TPSA) is 44.4 Å². The van der Waals surface area contributed by atoms with Crippen molar-refractivity contribution in [1.82, 2.24) is 15.5 Å². The van der Waals surface area contributed by atoms with Crippen LogP contribution in [0.5, 0.6) is 0 Å². The molecule has 0 aromatic rings. The van der Waals surface area contributed by atoms with Gasteiger partial charge in [-0.15, -0.1) is 0 Å². The van der Waals surface area contributed by atoms with Gasteiger partial charge in [-0.2, -0.15) is 0 Å². The molecule has 0 aromatic heterocycles. The van der Waals surface area contributed by atoms with E-state index in [0.29, 0.717) is 0 Å². The van der Waals surface area contributed by atoms with E-state index in [4.69, 9.17) is 11.6 Å². The number of rotatable bonds is 1. The zero-order chi connectivity index (χ0) is 12.3. The minimum absolute atomic E-state index is 0.0233. The number of allylic oxidation sites excluding steroid dienone is 4. The van der Waals surface area contributed by atoms with Crippen LogP contribution in [0.15, 0.2) is 21.3 Å². The maximum absolute atomic E-state index is 12.0. The molecule has 1 fully saturated rings. The number of halogens is 2. The molecule has 2 amide bonds. The monoisotopic (exact) mass is 319 g/mol. The van der Waals surface area contributed by atoms with Crippen molar-refractivity contribution in [3.63, 3.8) is 0 Å². The Morgan fingerprint density at radius 3 is 2.76 bits per heavy atom. The van der Waals surface area contributed by atoms with Crippen LogP contribution >= 0.6 is 27.5 Å². The highest BCUT2D eigenvalue weighted by atomic mass is 79.9. The molecule has 0 saturated carbocycles. The number of hydrogen-bond donors (Lipinski definition) is 2.